The summed E-state index contributed by atoms with van der Waals surface area (Å²) < 4.78 is 0. The fourth-order valence-corrected chi connectivity index (χ4v) is 2.64. The SMILES string of the molecule is C[C@H](NC(=O)C=Cc1ccncc1)c1cccc(-c2ccc(Cl)nc2)c1. The van der Waals surface area contributed by atoms with Gasteiger partial charge in [0.05, 0.1) is 6.04 Å². The van der Waals surface area contributed by atoms with Gasteiger partial charge in [-0.15, -0.1) is 0 Å². The Balaban J connectivity index is 1.69. The summed E-state index contributed by atoms with van der Waals surface area (Å²) in [5.74, 6) is -0.145. The summed E-state index contributed by atoms with van der Waals surface area (Å²) >= 11 is 5.84. The van der Waals surface area contributed by atoms with Crippen LogP contribution in [0.1, 0.15) is 24.1 Å². The number of aromatic nitrogens is 2. The first-order chi connectivity index (χ1) is 12.6. The van der Waals surface area contributed by atoms with E-state index < -0.39 is 0 Å². The average molecular weight is 364 g/mol. The minimum atomic E-state index is -0.145. The maximum Gasteiger partial charge on any atom is 0.244 e. The second-order valence-corrected chi connectivity index (χ2v) is 6.23. The summed E-state index contributed by atoms with van der Waals surface area (Å²) in [6, 6.07) is 15.3. The van der Waals surface area contributed by atoms with E-state index in [2.05, 4.69) is 15.3 Å². The van der Waals surface area contributed by atoms with E-state index in [0.29, 0.717) is 5.15 Å². The summed E-state index contributed by atoms with van der Waals surface area (Å²) in [6.45, 7) is 1.96. The van der Waals surface area contributed by atoms with Gasteiger partial charge in [0, 0.05) is 30.2 Å². The normalized spacial score (nSPS) is 12.1. The van der Waals surface area contributed by atoms with Crippen LogP contribution in [0.5, 0.6) is 0 Å². The smallest absolute Gasteiger partial charge is 0.244 e. The highest BCUT2D eigenvalue weighted by molar-refractivity contribution is 6.29. The molecule has 3 rings (SSSR count). The Hall–Kier alpha value is -2.98. The largest absolute Gasteiger partial charge is 0.346 e. The molecule has 4 nitrogen and oxygen atoms in total. The molecule has 1 aromatic carbocycles. The summed E-state index contributed by atoms with van der Waals surface area (Å²) in [7, 11) is 0. The number of hydrogen-bond acceptors (Lipinski definition) is 3. The van der Waals surface area contributed by atoms with Gasteiger partial charge in [-0.3, -0.25) is 9.78 Å². The molecule has 1 N–H and O–H groups in total. The molecule has 1 amide bonds. The number of carbonyl (C=O) groups is 1. The monoisotopic (exact) mass is 363 g/mol. The molecule has 2 aromatic heterocycles. The van der Waals surface area contributed by atoms with E-state index in [0.717, 1.165) is 22.3 Å². The van der Waals surface area contributed by atoms with Gasteiger partial charge in [0.2, 0.25) is 5.91 Å². The van der Waals surface area contributed by atoms with Crippen LogP contribution < -0.4 is 5.32 Å². The van der Waals surface area contributed by atoms with Crippen molar-refractivity contribution < 1.29 is 4.79 Å². The van der Waals surface area contributed by atoms with Gasteiger partial charge < -0.3 is 5.32 Å². The number of amides is 1. The van der Waals surface area contributed by atoms with Crippen LogP contribution in [0.2, 0.25) is 5.15 Å². The van der Waals surface area contributed by atoms with Gasteiger partial charge in [-0.1, -0.05) is 29.8 Å². The molecule has 0 fully saturated rings. The van der Waals surface area contributed by atoms with Crippen LogP contribution in [-0.2, 0) is 4.79 Å². The third-order valence-electron chi connectivity index (χ3n) is 3.94. The lowest BCUT2D eigenvalue weighted by Crippen LogP contribution is -2.24. The topological polar surface area (TPSA) is 54.9 Å². The van der Waals surface area contributed by atoms with Gasteiger partial charge in [-0.05, 0) is 60.0 Å². The number of nitrogens with one attached hydrogen (secondary N) is 1. The first-order valence-electron chi connectivity index (χ1n) is 8.22. The molecule has 0 aliphatic rings. The first kappa shape index (κ1) is 17.8. The van der Waals surface area contributed by atoms with Crippen molar-refractivity contribution in [3.05, 3.63) is 89.5 Å². The Bertz CT molecular complexity index is 908. The van der Waals surface area contributed by atoms with E-state index in [1.54, 1.807) is 30.7 Å². The number of nitrogens with zero attached hydrogens (tertiary/aromatic N) is 2. The molecule has 0 radical (unpaired) electrons. The fourth-order valence-electron chi connectivity index (χ4n) is 2.53. The predicted molar refractivity (Wildman–Crippen MR) is 105 cm³/mol. The Labute approximate surface area is 157 Å². The van der Waals surface area contributed by atoms with Gasteiger partial charge >= 0.3 is 0 Å². The molecule has 3 aromatic rings. The van der Waals surface area contributed by atoms with Gasteiger partial charge in [0.15, 0.2) is 0 Å². The number of hydrogen-bond donors (Lipinski definition) is 1. The molecule has 1 atom stereocenters. The molecular formula is C21H18ClN3O. The Morgan fingerprint density at radius 1 is 1.12 bits per heavy atom. The van der Waals surface area contributed by atoms with Gasteiger partial charge in [-0.25, -0.2) is 4.98 Å². The van der Waals surface area contributed by atoms with Gasteiger partial charge in [0.1, 0.15) is 5.15 Å². The lowest BCUT2D eigenvalue weighted by atomic mass is 10.0. The zero-order valence-corrected chi connectivity index (χ0v) is 15.0. The number of rotatable bonds is 5. The van der Waals surface area contributed by atoms with Gasteiger partial charge in [-0.2, -0.15) is 0 Å². The summed E-state index contributed by atoms with van der Waals surface area (Å²) in [5.41, 5.74) is 3.95. The van der Waals surface area contributed by atoms with E-state index in [1.807, 2.05) is 49.4 Å². The molecule has 2 heterocycles. The third kappa shape index (κ3) is 4.77. The molecular weight excluding hydrogens is 346 g/mol. The molecule has 5 heteroatoms. The fraction of sp³-hybridized carbons (Fsp3) is 0.0952. The second kappa shape index (κ2) is 8.41. The summed E-state index contributed by atoms with van der Waals surface area (Å²) in [6.07, 6.45) is 8.41. The van der Waals surface area contributed by atoms with Crippen LogP contribution in [0.4, 0.5) is 0 Å². The highest BCUT2D eigenvalue weighted by atomic mass is 35.5. The molecule has 26 heavy (non-hydrogen) atoms. The van der Waals surface area contributed by atoms with Crippen molar-refractivity contribution in [1.29, 1.82) is 0 Å². The quantitative estimate of drug-likeness (QED) is 0.528. The maximum absolute atomic E-state index is 12.2. The van der Waals surface area contributed by atoms with E-state index in [9.17, 15) is 4.79 Å². The zero-order valence-electron chi connectivity index (χ0n) is 14.3. The zero-order chi connectivity index (χ0) is 18.4. The average Bonchev–Trinajstić information content (AvgIpc) is 2.68. The Morgan fingerprint density at radius 3 is 2.65 bits per heavy atom. The van der Waals surface area contributed by atoms with Crippen LogP contribution in [-0.4, -0.2) is 15.9 Å². The lowest BCUT2D eigenvalue weighted by molar-refractivity contribution is -0.117. The minimum absolute atomic E-state index is 0.121. The molecule has 0 aliphatic heterocycles. The number of halogens is 1. The van der Waals surface area contributed by atoms with Crippen molar-refractivity contribution in [1.82, 2.24) is 15.3 Å². The van der Waals surface area contributed by atoms with Crippen LogP contribution in [0.3, 0.4) is 0 Å². The van der Waals surface area contributed by atoms with E-state index in [4.69, 9.17) is 11.6 Å². The van der Waals surface area contributed by atoms with Crippen molar-refractivity contribution in [2.45, 2.75) is 13.0 Å². The second-order valence-electron chi connectivity index (χ2n) is 5.84. The van der Waals surface area contributed by atoms with Crippen molar-refractivity contribution in [2.75, 3.05) is 0 Å². The molecule has 0 bridgehead atoms. The van der Waals surface area contributed by atoms with Crippen molar-refractivity contribution in [3.8, 4) is 11.1 Å². The molecule has 0 aliphatic carbocycles. The highest BCUT2D eigenvalue weighted by Gasteiger charge is 2.09. The van der Waals surface area contributed by atoms with Crippen molar-refractivity contribution in [2.24, 2.45) is 0 Å². The minimum Gasteiger partial charge on any atom is -0.346 e. The van der Waals surface area contributed by atoms with Crippen LogP contribution in [0.25, 0.3) is 17.2 Å². The molecule has 0 unspecified atom stereocenters. The Kier molecular flexibility index (Phi) is 5.77. The number of carbonyl (C=O) groups excluding carboxylic acids is 1. The third-order valence-corrected chi connectivity index (χ3v) is 4.16. The van der Waals surface area contributed by atoms with Crippen molar-refractivity contribution in [3.63, 3.8) is 0 Å². The first-order valence-corrected chi connectivity index (χ1v) is 8.60. The van der Waals surface area contributed by atoms with Crippen LogP contribution >= 0.6 is 11.6 Å². The van der Waals surface area contributed by atoms with E-state index in [-0.39, 0.29) is 11.9 Å². The summed E-state index contributed by atoms with van der Waals surface area (Å²) in [4.78, 5) is 20.2. The predicted octanol–water partition coefficient (Wildman–Crippen LogP) is 4.69. The van der Waals surface area contributed by atoms with E-state index in [1.165, 1.54) is 6.08 Å². The van der Waals surface area contributed by atoms with E-state index >= 15 is 0 Å². The lowest BCUT2D eigenvalue weighted by Gasteiger charge is -2.14. The summed E-state index contributed by atoms with van der Waals surface area (Å²) in [5, 5.41) is 3.44. The Morgan fingerprint density at radius 2 is 1.92 bits per heavy atom. The van der Waals surface area contributed by atoms with Crippen LogP contribution in [0, 0.1) is 0 Å². The molecule has 130 valence electrons. The maximum atomic E-state index is 12.2. The molecule has 0 spiro atoms. The number of pyridine rings is 2. The van der Waals surface area contributed by atoms with Crippen molar-refractivity contribution >= 4 is 23.6 Å². The standard InChI is InChI=1S/C21H18ClN3O/c1-15(25-21(26)8-5-16-9-11-23-12-10-16)17-3-2-4-18(13-17)19-6-7-20(22)24-14-19/h2-15H,1H3,(H,25,26)/t15-/m0/s1. The number of benzene rings is 1. The molecule has 0 saturated heterocycles. The molecule has 0 saturated carbocycles. The highest BCUT2D eigenvalue weighted by Crippen LogP contribution is 2.23. The van der Waals surface area contributed by atoms with Crippen LogP contribution in [0.15, 0.2) is 73.2 Å². The van der Waals surface area contributed by atoms with Gasteiger partial charge in [0.25, 0.3) is 0 Å².